The van der Waals surface area contributed by atoms with E-state index in [1.165, 1.54) is 4.90 Å². The minimum atomic E-state index is -4.57. The first-order chi connectivity index (χ1) is 11.3. The summed E-state index contributed by atoms with van der Waals surface area (Å²) in [5.41, 5.74) is 0.650. The molecular formula is C17H20O5S2. The Kier molecular flexibility index (Phi) is 8.56. The Bertz CT molecular complexity index is 712. The van der Waals surface area contributed by atoms with Gasteiger partial charge in [-0.25, -0.2) is 8.42 Å². The van der Waals surface area contributed by atoms with Gasteiger partial charge >= 0.3 is 0 Å². The molecule has 24 heavy (non-hydrogen) atoms. The summed E-state index contributed by atoms with van der Waals surface area (Å²) in [6.07, 6.45) is 4.10. The molecule has 7 heteroatoms. The van der Waals surface area contributed by atoms with Crippen LogP contribution in [0, 0.1) is 0 Å². The number of hydrogen-bond acceptors (Lipinski definition) is 5. The third kappa shape index (κ3) is 8.73. The molecule has 0 saturated heterocycles. The van der Waals surface area contributed by atoms with Crippen molar-refractivity contribution in [3.05, 3.63) is 72.8 Å². The van der Waals surface area contributed by atoms with Crippen molar-refractivity contribution >= 4 is 21.3 Å². The SMILES string of the molecule is C=CC[S+](C)c1ccc(O)cc1.O=S(=O)([O-])OCc1ccccc1. The molecule has 0 aromatic heterocycles. The predicted molar refractivity (Wildman–Crippen MR) is 95.7 cm³/mol. The quantitative estimate of drug-likeness (QED) is 0.367. The molecule has 1 atom stereocenters. The van der Waals surface area contributed by atoms with E-state index >= 15 is 0 Å². The fourth-order valence-corrected chi connectivity index (χ4v) is 3.09. The van der Waals surface area contributed by atoms with Crippen LogP contribution in [0.15, 0.2) is 72.1 Å². The maximum Gasteiger partial charge on any atom is 0.217 e. The minimum Gasteiger partial charge on any atom is -0.726 e. The van der Waals surface area contributed by atoms with Gasteiger partial charge < -0.3 is 9.66 Å². The summed E-state index contributed by atoms with van der Waals surface area (Å²) >= 11 is 0. The van der Waals surface area contributed by atoms with Crippen molar-refractivity contribution in [2.24, 2.45) is 0 Å². The van der Waals surface area contributed by atoms with Crippen LogP contribution in [0.5, 0.6) is 5.75 Å². The Labute approximate surface area is 145 Å². The average Bonchev–Trinajstić information content (AvgIpc) is 2.55. The van der Waals surface area contributed by atoms with Gasteiger partial charge in [-0.3, -0.25) is 4.18 Å². The smallest absolute Gasteiger partial charge is 0.217 e. The van der Waals surface area contributed by atoms with Gasteiger partial charge in [-0.15, -0.1) is 0 Å². The number of aromatic hydroxyl groups is 1. The molecule has 0 fully saturated rings. The first-order valence-corrected chi connectivity index (χ1v) is 10.1. The summed E-state index contributed by atoms with van der Waals surface area (Å²) in [6, 6.07) is 16.0. The zero-order valence-corrected chi connectivity index (χ0v) is 14.9. The maximum absolute atomic E-state index is 10.0. The second-order valence-corrected chi connectivity index (χ2v) is 7.87. The van der Waals surface area contributed by atoms with Crippen LogP contribution in [0.2, 0.25) is 0 Å². The number of phenols is 1. The topological polar surface area (TPSA) is 86.7 Å². The van der Waals surface area contributed by atoms with E-state index in [9.17, 15) is 13.0 Å². The van der Waals surface area contributed by atoms with E-state index in [1.807, 2.05) is 18.2 Å². The van der Waals surface area contributed by atoms with Crippen LogP contribution in [0.25, 0.3) is 0 Å². The monoisotopic (exact) mass is 368 g/mol. The molecule has 0 spiro atoms. The zero-order valence-electron chi connectivity index (χ0n) is 13.3. The van der Waals surface area contributed by atoms with Crippen LogP contribution in [-0.4, -0.2) is 30.1 Å². The van der Waals surface area contributed by atoms with Gasteiger partial charge in [-0.1, -0.05) is 36.9 Å². The minimum absolute atomic E-state index is 0.202. The lowest BCUT2D eigenvalue weighted by molar-refractivity contribution is 0.253. The van der Waals surface area contributed by atoms with Crippen LogP contribution >= 0.6 is 0 Å². The number of benzene rings is 2. The van der Waals surface area contributed by atoms with E-state index in [0.717, 1.165) is 5.75 Å². The Morgan fingerprint density at radius 3 is 2.25 bits per heavy atom. The lowest BCUT2D eigenvalue weighted by Crippen LogP contribution is -2.03. The molecule has 0 aliphatic heterocycles. The normalized spacial score (nSPS) is 11.9. The van der Waals surface area contributed by atoms with Gasteiger partial charge in [-0.05, 0) is 35.9 Å². The van der Waals surface area contributed by atoms with Gasteiger partial charge in [0.1, 0.15) is 17.8 Å². The van der Waals surface area contributed by atoms with Gasteiger partial charge in [0.05, 0.1) is 6.61 Å². The number of rotatable bonds is 6. The van der Waals surface area contributed by atoms with Crippen molar-refractivity contribution in [2.45, 2.75) is 11.5 Å². The van der Waals surface area contributed by atoms with Crippen molar-refractivity contribution in [1.29, 1.82) is 0 Å². The van der Waals surface area contributed by atoms with Crippen LogP contribution in [-0.2, 0) is 32.1 Å². The highest BCUT2D eigenvalue weighted by Gasteiger charge is 2.11. The van der Waals surface area contributed by atoms with Crippen molar-refractivity contribution in [3.8, 4) is 5.75 Å². The lowest BCUT2D eigenvalue weighted by atomic mass is 10.2. The first-order valence-electron chi connectivity index (χ1n) is 6.98. The highest BCUT2D eigenvalue weighted by atomic mass is 32.3. The van der Waals surface area contributed by atoms with Gasteiger partial charge in [0, 0.05) is 10.9 Å². The molecular weight excluding hydrogens is 348 g/mol. The van der Waals surface area contributed by atoms with Crippen LogP contribution < -0.4 is 0 Å². The van der Waals surface area contributed by atoms with Gasteiger partial charge in [0.15, 0.2) is 4.90 Å². The molecule has 0 aliphatic carbocycles. The summed E-state index contributed by atoms with van der Waals surface area (Å²) in [4.78, 5) is 1.27. The van der Waals surface area contributed by atoms with Gasteiger partial charge in [0.2, 0.25) is 10.4 Å². The van der Waals surface area contributed by atoms with Crippen LogP contribution in [0.3, 0.4) is 0 Å². The highest BCUT2D eigenvalue weighted by Crippen LogP contribution is 2.15. The van der Waals surface area contributed by atoms with E-state index in [2.05, 4.69) is 17.0 Å². The Morgan fingerprint density at radius 1 is 1.17 bits per heavy atom. The highest BCUT2D eigenvalue weighted by molar-refractivity contribution is 7.96. The molecule has 0 radical (unpaired) electrons. The molecule has 1 N–H and O–H groups in total. The third-order valence-electron chi connectivity index (χ3n) is 2.82. The molecule has 0 aliphatic rings. The Balaban J connectivity index is 0.000000240. The Hall–Kier alpha value is -1.80. The van der Waals surface area contributed by atoms with Crippen molar-refractivity contribution in [3.63, 3.8) is 0 Å². The molecule has 2 aromatic carbocycles. The summed E-state index contributed by atoms with van der Waals surface area (Å²) in [5.74, 6) is 1.33. The summed E-state index contributed by atoms with van der Waals surface area (Å²) in [7, 11) is -4.34. The molecule has 0 amide bonds. The number of phenolic OH excluding ortho intramolecular Hbond substituents is 1. The predicted octanol–water partition coefficient (Wildman–Crippen LogP) is 2.85. The second-order valence-electron chi connectivity index (χ2n) is 4.74. The molecule has 1 unspecified atom stereocenters. The maximum atomic E-state index is 10.0. The van der Waals surface area contributed by atoms with E-state index < -0.39 is 10.4 Å². The Morgan fingerprint density at radius 2 is 1.75 bits per heavy atom. The summed E-state index contributed by atoms with van der Waals surface area (Å²) < 4.78 is 34.1. The van der Waals surface area contributed by atoms with Crippen molar-refractivity contribution in [2.75, 3.05) is 12.0 Å². The van der Waals surface area contributed by atoms with Gasteiger partial charge in [0.25, 0.3) is 0 Å². The second kappa shape index (κ2) is 10.1. The zero-order chi connectivity index (χ0) is 18.0. The fourth-order valence-electron chi connectivity index (χ4n) is 1.67. The fraction of sp³-hybridized carbons (Fsp3) is 0.176. The van der Waals surface area contributed by atoms with Gasteiger partial charge in [-0.2, -0.15) is 0 Å². The lowest BCUT2D eigenvalue weighted by Gasteiger charge is -2.06. The first kappa shape index (κ1) is 20.2. The molecule has 0 heterocycles. The van der Waals surface area contributed by atoms with E-state index in [-0.39, 0.29) is 17.5 Å². The van der Waals surface area contributed by atoms with E-state index in [4.69, 9.17) is 5.11 Å². The standard InChI is InChI=1S/C10H12OS.C7H8O4S/c1-3-8-12(2)10-6-4-9(11)5-7-10;8-12(9,10)11-6-7-4-2-1-3-5-7/h3-7H,1,8H2,2H3;1-5H,6H2,(H,8,9,10). The largest absolute Gasteiger partial charge is 0.726 e. The van der Waals surface area contributed by atoms with Crippen molar-refractivity contribution in [1.82, 2.24) is 0 Å². The third-order valence-corrected chi connectivity index (χ3v) is 5.04. The number of hydrogen-bond donors (Lipinski definition) is 1. The summed E-state index contributed by atoms with van der Waals surface area (Å²) in [6.45, 7) is 3.50. The van der Waals surface area contributed by atoms with Crippen LogP contribution in [0.4, 0.5) is 0 Å². The van der Waals surface area contributed by atoms with E-state index in [0.29, 0.717) is 11.3 Å². The molecule has 5 nitrogen and oxygen atoms in total. The van der Waals surface area contributed by atoms with Crippen LogP contribution in [0.1, 0.15) is 5.56 Å². The molecule has 130 valence electrons. The molecule has 2 aromatic rings. The average molecular weight is 368 g/mol. The molecule has 0 saturated carbocycles. The summed E-state index contributed by atoms with van der Waals surface area (Å²) in [5, 5.41) is 9.05. The van der Waals surface area contributed by atoms with Crippen molar-refractivity contribution < 1.29 is 22.3 Å². The molecule has 2 rings (SSSR count). The molecule has 0 bridgehead atoms. The van der Waals surface area contributed by atoms with E-state index in [1.54, 1.807) is 42.5 Å².